The van der Waals surface area contributed by atoms with Crippen molar-refractivity contribution < 1.29 is 14.4 Å². The lowest BCUT2D eigenvalue weighted by molar-refractivity contribution is -0.137. The quantitative estimate of drug-likeness (QED) is 0.773. The van der Waals surface area contributed by atoms with Crippen LogP contribution < -0.4 is 4.90 Å². The standard InChI is InChI=1S/C21H21ClN4O3/c22-17-3-5-18(6-4-17)26-14-16(12-19(26)27)21(29)25-10-8-24(9-11-25)20(28)15-2-1-7-23-13-15/h1-7,13,16H,8-12,14H2. The van der Waals surface area contributed by atoms with Gasteiger partial charge in [0, 0.05) is 62.2 Å². The summed E-state index contributed by atoms with van der Waals surface area (Å²) >= 11 is 5.91. The number of rotatable bonds is 3. The number of carbonyl (C=O) groups is 3. The summed E-state index contributed by atoms with van der Waals surface area (Å²) in [4.78, 5) is 47.0. The summed E-state index contributed by atoms with van der Waals surface area (Å²) in [7, 11) is 0. The van der Waals surface area contributed by atoms with E-state index in [1.165, 1.54) is 0 Å². The molecule has 2 aliphatic rings. The lowest BCUT2D eigenvalue weighted by atomic mass is 10.1. The van der Waals surface area contributed by atoms with E-state index in [0.29, 0.717) is 43.3 Å². The minimum Gasteiger partial charge on any atom is -0.339 e. The zero-order valence-electron chi connectivity index (χ0n) is 15.8. The molecule has 1 aromatic heterocycles. The summed E-state index contributed by atoms with van der Waals surface area (Å²) in [5, 5.41) is 0.603. The Morgan fingerprint density at radius 2 is 1.69 bits per heavy atom. The molecule has 2 aromatic rings. The summed E-state index contributed by atoms with van der Waals surface area (Å²) < 4.78 is 0. The molecule has 8 heteroatoms. The van der Waals surface area contributed by atoms with Crippen LogP contribution in [0.25, 0.3) is 0 Å². The normalized spacial score (nSPS) is 19.6. The van der Waals surface area contributed by atoms with Gasteiger partial charge >= 0.3 is 0 Å². The summed E-state index contributed by atoms with van der Waals surface area (Å²) in [6.07, 6.45) is 3.38. The SMILES string of the molecule is O=C(c1cccnc1)N1CCN(C(=O)C2CC(=O)N(c3ccc(Cl)cc3)C2)CC1. The maximum absolute atomic E-state index is 12.9. The second-order valence-electron chi connectivity index (χ2n) is 7.24. The number of benzene rings is 1. The monoisotopic (exact) mass is 412 g/mol. The third-order valence-corrected chi connectivity index (χ3v) is 5.65. The van der Waals surface area contributed by atoms with Crippen molar-refractivity contribution in [1.82, 2.24) is 14.8 Å². The van der Waals surface area contributed by atoms with Gasteiger partial charge in [0.2, 0.25) is 11.8 Å². The van der Waals surface area contributed by atoms with Crippen LogP contribution in [0.2, 0.25) is 5.02 Å². The molecule has 0 N–H and O–H groups in total. The number of piperazine rings is 1. The maximum Gasteiger partial charge on any atom is 0.255 e. The van der Waals surface area contributed by atoms with E-state index >= 15 is 0 Å². The fourth-order valence-electron chi connectivity index (χ4n) is 3.80. The Hall–Kier alpha value is -2.93. The molecular formula is C21H21ClN4O3. The van der Waals surface area contributed by atoms with Crippen molar-refractivity contribution in [3.05, 3.63) is 59.4 Å². The zero-order chi connectivity index (χ0) is 20.4. The van der Waals surface area contributed by atoms with Gasteiger partial charge in [-0.1, -0.05) is 11.6 Å². The van der Waals surface area contributed by atoms with Crippen LogP contribution in [0.5, 0.6) is 0 Å². The Labute approximate surface area is 173 Å². The smallest absolute Gasteiger partial charge is 0.255 e. The van der Waals surface area contributed by atoms with Crippen LogP contribution in [0.15, 0.2) is 48.8 Å². The Balaban J connectivity index is 1.34. The van der Waals surface area contributed by atoms with Crippen LogP contribution in [-0.2, 0) is 9.59 Å². The molecule has 3 heterocycles. The van der Waals surface area contributed by atoms with E-state index in [1.807, 2.05) is 0 Å². The number of pyridine rings is 1. The highest BCUT2D eigenvalue weighted by atomic mass is 35.5. The van der Waals surface area contributed by atoms with Gasteiger partial charge in [-0.2, -0.15) is 0 Å². The molecule has 0 saturated carbocycles. The van der Waals surface area contributed by atoms with Gasteiger partial charge in [-0.15, -0.1) is 0 Å². The molecular weight excluding hydrogens is 392 g/mol. The van der Waals surface area contributed by atoms with Crippen LogP contribution >= 0.6 is 11.6 Å². The van der Waals surface area contributed by atoms with Gasteiger partial charge in [0.05, 0.1) is 11.5 Å². The highest BCUT2D eigenvalue weighted by Crippen LogP contribution is 2.27. The van der Waals surface area contributed by atoms with Crippen LogP contribution in [0.4, 0.5) is 5.69 Å². The molecule has 2 saturated heterocycles. The summed E-state index contributed by atoms with van der Waals surface area (Å²) in [5.74, 6) is -0.520. The second kappa shape index (κ2) is 8.21. The zero-order valence-corrected chi connectivity index (χ0v) is 16.6. The molecule has 0 radical (unpaired) electrons. The highest BCUT2D eigenvalue weighted by molar-refractivity contribution is 6.30. The van der Waals surface area contributed by atoms with Crippen molar-refractivity contribution in [1.29, 1.82) is 0 Å². The molecule has 4 rings (SSSR count). The largest absolute Gasteiger partial charge is 0.339 e. The molecule has 1 aromatic carbocycles. The number of amides is 3. The number of hydrogen-bond donors (Lipinski definition) is 0. The van der Waals surface area contributed by atoms with Crippen LogP contribution in [0.1, 0.15) is 16.8 Å². The molecule has 3 amide bonds. The lowest BCUT2D eigenvalue weighted by Gasteiger charge is -2.35. The van der Waals surface area contributed by atoms with Crippen LogP contribution in [0.3, 0.4) is 0 Å². The van der Waals surface area contributed by atoms with Crippen molar-refractivity contribution >= 4 is 35.0 Å². The van der Waals surface area contributed by atoms with Gasteiger partial charge in [0.1, 0.15) is 0 Å². The molecule has 0 bridgehead atoms. The first-order valence-electron chi connectivity index (χ1n) is 9.57. The van der Waals surface area contributed by atoms with E-state index in [0.717, 1.165) is 5.69 Å². The molecule has 0 spiro atoms. The Kier molecular flexibility index (Phi) is 5.49. The topological polar surface area (TPSA) is 73.8 Å². The van der Waals surface area contributed by atoms with Crippen molar-refractivity contribution in [2.75, 3.05) is 37.6 Å². The van der Waals surface area contributed by atoms with E-state index < -0.39 is 0 Å². The first-order valence-corrected chi connectivity index (χ1v) is 9.95. The Morgan fingerprint density at radius 1 is 1.00 bits per heavy atom. The van der Waals surface area contributed by atoms with E-state index in [-0.39, 0.29) is 30.1 Å². The van der Waals surface area contributed by atoms with Crippen molar-refractivity contribution in [2.45, 2.75) is 6.42 Å². The van der Waals surface area contributed by atoms with Crippen LogP contribution in [0, 0.1) is 5.92 Å². The van der Waals surface area contributed by atoms with Gasteiger partial charge < -0.3 is 14.7 Å². The molecule has 150 valence electrons. The first kappa shape index (κ1) is 19.4. The van der Waals surface area contributed by atoms with Crippen molar-refractivity contribution in [3.63, 3.8) is 0 Å². The van der Waals surface area contributed by atoms with E-state index in [9.17, 15) is 14.4 Å². The van der Waals surface area contributed by atoms with Gasteiger partial charge in [0.15, 0.2) is 0 Å². The summed E-state index contributed by atoms with van der Waals surface area (Å²) in [5.41, 5.74) is 1.30. The van der Waals surface area contributed by atoms with Crippen molar-refractivity contribution in [2.24, 2.45) is 5.92 Å². The average molecular weight is 413 g/mol. The Bertz CT molecular complexity index is 911. The summed E-state index contributed by atoms with van der Waals surface area (Å²) in [6.45, 7) is 2.25. The van der Waals surface area contributed by atoms with Gasteiger partial charge in [-0.05, 0) is 36.4 Å². The number of carbonyl (C=O) groups excluding carboxylic acids is 3. The van der Waals surface area contributed by atoms with Gasteiger partial charge in [0.25, 0.3) is 5.91 Å². The number of nitrogens with zero attached hydrogens (tertiary/aromatic N) is 4. The van der Waals surface area contributed by atoms with Crippen LogP contribution in [-0.4, -0.2) is 65.2 Å². The molecule has 1 atom stereocenters. The second-order valence-corrected chi connectivity index (χ2v) is 7.68. The maximum atomic E-state index is 12.9. The fourth-order valence-corrected chi connectivity index (χ4v) is 3.93. The van der Waals surface area contributed by atoms with Gasteiger partial charge in [-0.25, -0.2) is 0 Å². The van der Waals surface area contributed by atoms with E-state index in [2.05, 4.69) is 4.98 Å². The van der Waals surface area contributed by atoms with E-state index in [1.54, 1.807) is 63.5 Å². The summed E-state index contributed by atoms with van der Waals surface area (Å²) in [6, 6.07) is 10.5. The Morgan fingerprint density at radius 3 is 2.34 bits per heavy atom. The first-order chi connectivity index (χ1) is 14.0. The molecule has 2 aliphatic heterocycles. The molecule has 1 unspecified atom stereocenters. The number of hydrogen-bond acceptors (Lipinski definition) is 4. The number of anilines is 1. The third-order valence-electron chi connectivity index (χ3n) is 5.40. The molecule has 0 aliphatic carbocycles. The predicted molar refractivity (Wildman–Crippen MR) is 109 cm³/mol. The molecule has 7 nitrogen and oxygen atoms in total. The van der Waals surface area contributed by atoms with Gasteiger partial charge in [-0.3, -0.25) is 19.4 Å². The minimum absolute atomic E-state index is 0.0247. The lowest BCUT2D eigenvalue weighted by Crippen LogP contribution is -2.52. The van der Waals surface area contributed by atoms with E-state index in [4.69, 9.17) is 11.6 Å². The highest BCUT2D eigenvalue weighted by Gasteiger charge is 2.38. The molecule has 2 fully saturated rings. The fraction of sp³-hybridized carbons (Fsp3) is 0.333. The third kappa shape index (κ3) is 4.10. The predicted octanol–water partition coefficient (Wildman–Crippen LogP) is 2.07. The van der Waals surface area contributed by atoms with Crippen molar-refractivity contribution in [3.8, 4) is 0 Å². The minimum atomic E-state index is -0.362. The number of halogens is 1. The molecule has 29 heavy (non-hydrogen) atoms. The average Bonchev–Trinajstić information content (AvgIpc) is 3.15. The number of aromatic nitrogens is 1.